The minimum absolute atomic E-state index is 0.108. The van der Waals surface area contributed by atoms with Crippen molar-refractivity contribution in [1.82, 2.24) is 20.2 Å². The van der Waals surface area contributed by atoms with E-state index in [0.717, 1.165) is 18.4 Å². The van der Waals surface area contributed by atoms with Crippen LogP contribution < -0.4 is 10.6 Å². The minimum Gasteiger partial charge on any atom is -0.352 e. The van der Waals surface area contributed by atoms with E-state index >= 15 is 0 Å². The number of benzene rings is 1. The average Bonchev–Trinajstić information content (AvgIpc) is 3.53. The number of rotatable bonds is 9. The van der Waals surface area contributed by atoms with E-state index in [1.165, 1.54) is 11.3 Å². The molecule has 0 unspecified atom stereocenters. The summed E-state index contributed by atoms with van der Waals surface area (Å²) in [5, 5.41) is 9.29. The van der Waals surface area contributed by atoms with Crippen molar-refractivity contribution in [2.24, 2.45) is 0 Å². The van der Waals surface area contributed by atoms with Gasteiger partial charge >= 0.3 is 0 Å². The largest absolute Gasteiger partial charge is 0.352 e. The lowest BCUT2D eigenvalue weighted by Gasteiger charge is -2.21. The Bertz CT molecular complexity index is 1100. The van der Waals surface area contributed by atoms with Gasteiger partial charge in [-0.2, -0.15) is 0 Å². The fourth-order valence-corrected chi connectivity index (χ4v) is 4.17. The molecule has 166 valence electrons. The van der Waals surface area contributed by atoms with E-state index in [0.29, 0.717) is 39.6 Å². The predicted molar refractivity (Wildman–Crippen MR) is 127 cm³/mol. The molecule has 10 heteroatoms. The summed E-state index contributed by atoms with van der Waals surface area (Å²) in [4.78, 5) is 35.5. The van der Waals surface area contributed by atoms with Gasteiger partial charge in [0.15, 0.2) is 5.13 Å². The number of hydrogen-bond donors (Lipinski definition) is 2. The van der Waals surface area contributed by atoms with Crippen LogP contribution >= 0.6 is 34.5 Å². The van der Waals surface area contributed by atoms with Crippen LogP contribution in [0.4, 0.5) is 10.8 Å². The molecule has 1 saturated carbocycles. The molecule has 3 aromatic rings. The zero-order chi connectivity index (χ0) is 22.5. The van der Waals surface area contributed by atoms with Crippen molar-refractivity contribution >= 4 is 57.2 Å². The van der Waals surface area contributed by atoms with Crippen LogP contribution in [0.25, 0.3) is 0 Å². The molecule has 2 heterocycles. The number of hydrogen-bond acceptors (Lipinski definition) is 6. The molecule has 0 radical (unpaired) electrons. The summed E-state index contributed by atoms with van der Waals surface area (Å²) in [6.07, 6.45) is 5.51. The Hall–Kier alpha value is -2.68. The Morgan fingerprint density at radius 1 is 1.22 bits per heavy atom. The number of amides is 2. The molecule has 2 N–H and O–H groups in total. The summed E-state index contributed by atoms with van der Waals surface area (Å²) in [5.74, 6) is -0.280. The third kappa shape index (κ3) is 5.97. The second-order valence-electron chi connectivity index (χ2n) is 7.40. The van der Waals surface area contributed by atoms with Crippen LogP contribution in [0, 0.1) is 0 Å². The maximum absolute atomic E-state index is 13.1. The van der Waals surface area contributed by atoms with Gasteiger partial charge in [0.05, 0.1) is 10.7 Å². The first kappa shape index (κ1) is 22.5. The third-order valence-corrected chi connectivity index (χ3v) is 6.26. The highest BCUT2D eigenvalue weighted by atomic mass is 35.5. The Balaban J connectivity index is 1.34. The third-order valence-electron chi connectivity index (χ3n) is 4.93. The number of anilines is 2. The Kier molecular flexibility index (Phi) is 7.24. The highest BCUT2D eigenvalue weighted by Crippen LogP contribution is 2.32. The van der Waals surface area contributed by atoms with E-state index in [9.17, 15) is 9.59 Å². The van der Waals surface area contributed by atoms with Crippen LogP contribution in [0.5, 0.6) is 0 Å². The molecule has 1 aromatic carbocycles. The van der Waals surface area contributed by atoms with Crippen LogP contribution in [-0.4, -0.2) is 39.3 Å². The van der Waals surface area contributed by atoms with E-state index < -0.39 is 0 Å². The maximum atomic E-state index is 13.1. The van der Waals surface area contributed by atoms with Gasteiger partial charge in [-0.25, -0.2) is 4.98 Å². The summed E-state index contributed by atoms with van der Waals surface area (Å²) in [5.41, 5.74) is 1.90. The molecule has 2 aromatic heterocycles. The molecule has 1 fully saturated rings. The first-order valence-electron chi connectivity index (χ1n) is 10.1. The van der Waals surface area contributed by atoms with Crippen molar-refractivity contribution in [3.8, 4) is 0 Å². The van der Waals surface area contributed by atoms with E-state index in [4.69, 9.17) is 23.2 Å². The first-order valence-corrected chi connectivity index (χ1v) is 11.8. The summed E-state index contributed by atoms with van der Waals surface area (Å²) in [6.45, 7) is 0.764. The number of carbonyl (C=O) groups is 2. The average molecular weight is 490 g/mol. The maximum Gasteiger partial charge on any atom is 0.273 e. The molecule has 7 nitrogen and oxygen atoms in total. The molecule has 0 saturated heterocycles. The molecule has 0 atom stereocenters. The second kappa shape index (κ2) is 10.3. The Morgan fingerprint density at radius 2 is 2.06 bits per heavy atom. The summed E-state index contributed by atoms with van der Waals surface area (Å²) in [7, 11) is 0. The van der Waals surface area contributed by atoms with Crippen molar-refractivity contribution in [2.75, 3.05) is 11.9 Å². The standard InChI is InChI=1S/C22H21Cl2N5O2S/c23-15-3-6-17(24)18(10-15)27-22-28-19(13-32-22)21(31)29(16-4-5-16)9-7-20(30)26-12-14-2-1-8-25-11-14/h1-3,6,8,10-11,13,16H,4-5,7,9,12H2,(H,26,30)(H,27,28). The number of aromatic nitrogens is 2. The van der Waals surface area contributed by atoms with Crippen LogP contribution in [0.2, 0.25) is 10.0 Å². The lowest BCUT2D eigenvalue weighted by molar-refractivity contribution is -0.121. The molecule has 0 spiro atoms. The first-order chi connectivity index (χ1) is 15.5. The summed E-state index contributed by atoms with van der Waals surface area (Å²) < 4.78 is 0. The zero-order valence-corrected chi connectivity index (χ0v) is 19.4. The van der Waals surface area contributed by atoms with Crippen LogP contribution in [-0.2, 0) is 11.3 Å². The van der Waals surface area contributed by atoms with E-state index in [2.05, 4.69) is 20.6 Å². The number of thiazole rings is 1. The lowest BCUT2D eigenvalue weighted by Crippen LogP contribution is -2.37. The molecule has 0 aliphatic heterocycles. The molecular formula is C22H21Cl2N5O2S. The number of nitrogens with zero attached hydrogens (tertiary/aromatic N) is 3. The van der Waals surface area contributed by atoms with E-state index in [1.807, 2.05) is 12.1 Å². The highest BCUT2D eigenvalue weighted by Gasteiger charge is 2.34. The summed E-state index contributed by atoms with van der Waals surface area (Å²) >= 11 is 13.5. The fraction of sp³-hybridized carbons (Fsp3) is 0.273. The number of pyridine rings is 1. The van der Waals surface area contributed by atoms with Crippen molar-refractivity contribution in [2.45, 2.75) is 31.8 Å². The Labute approximate surface area is 199 Å². The lowest BCUT2D eigenvalue weighted by atomic mass is 10.2. The van der Waals surface area contributed by atoms with Crippen molar-refractivity contribution in [1.29, 1.82) is 0 Å². The van der Waals surface area contributed by atoms with E-state index in [1.54, 1.807) is 40.9 Å². The molecule has 2 amide bonds. The molecule has 0 bridgehead atoms. The molecular weight excluding hydrogens is 469 g/mol. The number of halogens is 2. The number of nitrogens with one attached hydrogen (secondary N) is 2. The van der Waals surface area contributed by atoms with Gasteiger partial charge in [0.1, 0.15) is 5.69 Å². The zero-order valence-electron chi connectivity index (χ0n) is 17.1. The molecule has 1 aliphatic carbocycles. The molecule has 32 heavy (non-hydrogen) atoms. The smallest absolute Gasteiger partial charge is 0.273 e. The van der Waals surface area contributed by atoms with Crippen LogP contribution in [0.3, 0.4) is 0 Å². The van der Waals surface area contributed by atoms with Crippen LogP contribution in [0.1, 0.15) is 35.3 Å². The number of carbonyl (C=O) groups excluding carboxylic acids is 2. The van der Waals surface area contributed by atoms with E-state index in [-0.39, 0.29) is 24.3 Å². The second-order valence-corrected chi connectivity index (χ2v) is 9.11. The highest BCUT2D eigenvalue weighted by molar-refractivity contribution is 7.14. The van der Waals surface area contributed by atoms with Gasteiger partial charge in [-0.05, 0) is 42.7 Å². The normalized spacial score (nSPS) is 12.9. The minimum atomic E-state index is -0.172. The monoisotopic (exact) mass is 489 g/mol. The van der Waals surface area contributed by atoms with Crippen LogP contribution in [0.15, 0.2) is 48.1 Å². The van der Waals surface area contributed by atoms with Gasteiger partial charge in [-0.15, -0.1) is 11.3 Å². The molecule has 1 aliphatic rings. The Morgan fingerprint density at radius 3 is 2.81 bits per heavy atom. The van der Waals surface area contributed by atoms with Gasteiger partial charge < -0.3 is 15.5 Å². The fourth-order valence-electron chi connectivity index (χ4n) is 3.13. The van der Waals surface area contributed by atoms with Crippen molar-refractivity contribution in [3.63, 3.8) is 0 Å². The SMILES string of the molecule is O=C(CCN(C(=O)c1csc(Nc2cc(Cl)ccc2Cl)n1)C1CC1)NCc1cccnc1. The van der Waals surface area contributed by atoms with Crippen molar-refractivity contribution < 1.29 is 9.59 Å². The topological polar surface area (TPSA) is 87.2 Å². The van der Waals surface area contributed by atoms with Gasteiger partial charge in [0.2, 0.25) is 5.91 Å². The predicted octanol–water partition coefficient (Wildman–Crippen LogP) is 4.90. The van der Waals surface area contributed by atoms with Gasteiger partial charge in [0.25, 0.3) is 5.91 Å². The van der Waals surface area contributed by atoms with Gasteiger partial charge in [-0.3, -0.25) is 14.6 Å². The summed E-state index contributed by atoms with van der Waals surface area (Å²) in [6, 6.07) is 8.98. The van der Waals surface area contributed by atoms with Crippen molar-refractivity contribution in [3.05, 3.63) is 69.4 Å². The van der Waals surface area contributed by atoms with Gasteiger partial charge in [-0.1, -0.05) is 29.3 Å². The van der Waals surface area contributed by atoms with Gasteiger partial charge in [0, 0.05) is 48.3 Å². The molecule has 4 rings (SSSR count). The quantitative estimate of drug-likeness (QED) is 0.446.